The molecule has 0 bridgehead atoms. The number of rotatable bonds is 6. The van der Waals surface area contributed by atoms with Crippen LogP contribution in [0.5, 0.6) is 0 Å². The molecular formula is C14H17N3O4. The summed E-state index contributed by atoms with van der Waals surface area (Å²) in [7, 11) is 0. The first kappa shape index (κ1) is 16.4. The Balaban J connectivity index is 2.75. The van der Waals surface area contributed by atoms with Crippen LogP contribution in [0.25, 0.3) is 6.08 Å². The smallest absolute Gasteiger partial charge is 0.328 e. The van der Waals surface area contributed by atoms with Gasteiger partial charge in [-0.1, -0.05) is 6.07 Å². The predicted octanol–water partition coefficient (Wildman–Crippen LogP) is 0.563. The van der Waals surface area contributed by atoms with Crippen molar-refractivity contribution in [2.75, 3.05) is 0 Å². The summed E-state index contributed by atoms with van der Waals surface area (Å²) in [4.78, 5) is 37.2. The maximum Gasteiger partial charge on any atom is 0.328 e. The molecule has 0 fully saturated rings. The number of hydrogen-bond donors (Lipinski definition) is 3. The van der Waals surface area contributed by atoms with E-state index < -0.39 is 23.3 Å². The van der Waals surface area contributed by atoms with Crippen molar-refractivity contribution in [2.45, 2.75) is 25.8 Å². The van der Waals surface area contributed by atoms with E-state index >= 15 is 0 Å². The van der Waals surface area contributed by atoms with Gasteiger partial charge in [0.15, 0.2) is 0 Å². The van der Waals surface area contributed by atoms with E-state index in [-0.39, 0.29) is 12.1 Å². The lowest BCUT2D eigenvalue weighted by molar-refractivity contribution is -0.131. The molecule has 1 heterocycles. The summed E-state index contributed by atoms with van der Waals surface area (Å²) in [5, 5.41) is 11.2. The maximum absolute atomic E-state index is 12.0. The Morgan fingerprint density at radius 3 is 2.52 bits per heavy atom. The normalized spacial score (nSPS) is 11.3. The first-order valence-electron chi connectivity index (χ1n) is 6.17. The highest BCUT2D eigenvalue weighted by molar-refractivity contribution is 5.93. The van der Waals surface area contributed by atoms with Crippen LogP contribution >= 0.6 is 0 Å². The van der Waals surface area contributed by atoms with Crippen LogP contribution in [-0.4, -0.2) is 33.4 Å². The molecule has 1 aromatic heterocycles. The summed E-state index contributed by atoms with van der Waals surface area (Å²) >= 11 is 0. The van der Waals surface area contributed by atoms with E-state index in [4.69, 9.17) is 10.8 Å². The highest BCUT2D eigenvalue weighted by Crippen LogP contribution is 2.09. The van der Waals surface area contributed by atoms with Crippen molar-refractivity contribution < 1.29 is 19.5 Å². The van der Waals surface area contributed by atoms with Crippen molar-refractivity contribution in [3.63, 3.8) is 0 Å². The van der Waals surface area contributed by atoms with Crippen LogP contribution in [0.3, 0.4) is 0 Å². The van der Waals surface area contributed by atoms with Gasteiger partial charge in [0.1, 0.15) is 5.69 Å². The van der Waals surface area contributed by atoms with Gasteiger partial charge in [0.25, 0.3) is 5.91 Å². The van der Waals surface area contributed by atoms with Crippen molar-refractivity contribution in [1.29, 1.82) is 0 Å². The molecule has 0 aliphatic carbocycles. The van der Waals surface area contributed by atoms with Gasteiger partial charge >= 0.3 is 5.97 Å². The quantitative estimate of drug-likeness (QED) is 0.661. The van der Waals surface area contributed by atoms with E-state index in [0.717, 1.165) is 6.08 Å². The number of nitrogens with two attached hydrogens (primary N) is 1. The van der Waals surface area contributed by atoms with E-state index in [1.807, 2.05) is 0 Å². The van der Waals surface area contributed by atoms with Gasteiger partial charge in [0, 0.05) is 24.2 Å². The topological polar surface area (TPSA) is 122 Å². The molecule has 112 valence electrons. The molecule has 0 aliphatic rings. The number of aliphatic carboxylic acids is 1. The zero-order valence-corrected chi connectivity index (χ0v) is 11.8. The van der Waals surface area contributed by atoms with Gasteiger partial charge in [-0.15, -0.1) is 0 Å². The number of primary amides is 1. The molecule has 1 rings (SSSR count). The molecule has 7 nitrogen and oxygen atoms in total. The average molecular weight is 291 g/mol. The van der Waals surface area contributed by atoms with Crippen molar-refractivity contribution in [3.05, 3.63) is 35.7 Å². The van der Waals surface area contributed by atoms with Gasteiger partial charge in [-0.05, 0) is 31.6 Å². The molecule has 0 radical (unpaired) electrons. The molecule has 4 N–H and O–H groups in total. The van der Waals surface area contributed by atoms with E-state index in [1.54, 1.807) is 19.9 Å². The fourth-order valence-corrected chi connectivity index (χ4v) is 1.66. The zero-order chi connectivity index (χ0) is 16.0. The minimum atomic E-state index is -1.06. The summed E-state index contributed by atoms with van der Waals surface area (Å²) in [6.45, 7) is 3.36. The lowest BCUT2D eigenvalue weighted by Gasteiger charge is -2.24. The molecule has 0 aromatic carbocycles. The highest BCUT2D eigenvalue weighted by Gasteiger charge is 2.23. The van der Waals surface area contributed by atoms with Crippen LogP contribution in [-0.2, 0) is 9.59 Å². The van der Waals surface area contributed by atoms with Crippen molar-refractivity contribution in [3.8, 4) is 0 Å². The third kappa shape index (κ3) is 5.85. The van der Waals surface area contributed by atoms with Crippen molar-refractivity contribution in [2.24, 2.45) is 5.73 Å². The molecule has 7 heteroatoms. The molecule has 0 spiro atoms. The number of carboxylic acid groups (broad SMARTS) is 1. The van der Waals surface area contributed by atoms with Gasteiger partial charge in [0.05, 0.1) is 0 Å². The summed E-state index contributed by atoms with van der Waals surface area (Å²) in [5.74, 6) is -2.01. The van der Waals surface area contributed by atoms with Crippen LogP contribution in [0, 0.1) is 0 Å². The minimum absolute atomic E-state index is 0.0121. The van der Waals surface area contributed by atoms with Crippen molar-refractivity contribution in [1.82, 2.24) is 10.3 Å². The molecule has 0 saturated carbocycles. The fourth-order valence-electron chi connectivity index (χ4n) is 1.66. The van der Waals surface area contributed by atoms with Gasteiger partial charge in [-0.2, -0.15) is 0 Å². The van der Waals surface area contributed by atoms with E-state index in [1.165, 1.54) is 18.3 Å². The van der Waals surface area contributed by atoms with Gasteiger partial charge in [0.2, 0.25) is 5.91 Å². The largest absolute Gasteiger partial charge is 0.478 e. The van der Waals surface area contributed by atoms with Crippen molar-refractivity contribution >= 4 is 23.9 Å². The second-order valence-electron chi connectivity index (χ2n) is 5.13. The maximum atomic E-state index is 12.0. The molecular weight excluding hydrogens is 274 g/mol. The Bertz CT molecular complexity index is 576. The summed E-state index contributed by atoms with van der Waals surface area (Å²) in [5.41, 5.74) is 5.07. The monoisotopic (exact) mass is 291 g/mol. The molecule has 0 saturated heterocycles. The molecule has 0 aliphatic heterocycles. The van der Waals surface area contributed by atoms with Crippen LogP contribution in [0.2, 0.25) is 0 Å². The highest BCUT2D eigenvalue weighted by atomic mass is 16.4. The van der Waals surface area contributed by atoms with Crippen LogP contribution in [0.4, 0.5) is 0 Å². The summed E-state index contributed by atoms with van der Waals surface area (Å²) in [6.07, 6.45) is 3.74. The third-order valence-electron chi connectivity index (χ3n) is 2.51. The number of aromatic nitrogens is 1. The molecule has 2 amide bonds. The number of carbonyl (C=O) groups excluding carboxylic acids is 2. The molecule has 21 heavy (non-hydrogen) atoms. The fraction of sp³-hybridized carbons (Fsp3) is 0.286. The number of carbonyl (C=O) groups is 3. The third-order valence-corrected chi connectivity index (χ3v) is 2.51. The first-order valence-corrected chi connectivity index (χ1v) is 6.17. The lowest BCUT2D eigenvalue weighted by Crippen LogP contribution is -2.46. The van der Waals surface area contributed by atoms with Crippen LogP contribution in [0.15, 0.2) is 24.4 Å². The van der Waals surface area contributed by atoms with Gasteiger partial charge < -0.3 is 16.2 Å². The van der Waals surface area contributed by atoms with Crippen LogP contribution in [0.1, 0.15) is 36.3 Å². The second kappa shape index (κ2) is 6.65. The predicted molar refractivity (Wildman–Crippen MR) is 76.3 cm³/mol. The number of carboxylic acids is 1. The number of nitrogens with zero attached hydrogens (tertiary/aromatic N) is 1. The lowest BCUT2D eigenvalue weighted by atomic mass is 10.00. The number of nitrogens with one attached hydrogen (secondary N) is 1. The molecule has 1 aromatic rings. The zero-order valence-electron chi connectivity index (χ0n) is 11.8. The Morgan fingerprint density at radius 2 is 2.05 bits per heavy atom. The number of amides is 2. The van der Waals surface area contributed by atoms with E-state index in [0.29, 0.717) is 5.56 Å². The second-order valence-corrected chi connectivity index (χ2v) is 5.13. The van der Waals surface area contributed by atoms with E-state index in [2.05, 4.69) is 10.3 Å². The summed E-state index contributed by atoms with van der Waals surface area (Å²) in [6, 6.07) is 3.04. The van der Waals surface area contributed by atoms with Crippen LogP contribution < -0.4 is 11.1 Å². The number of pyridine rings is 1. The van der Waals surface area contributed by atoms with Gasteiger partial charge in [-0.25, -0.2) is 4.79 Å². The summed E-state index contributed by atoms with van der Waals surface area (Å²) < 4.78 is 0. The molecule has 0 atom stereocenters. The Hall–Kier alpha value is -2.70. The Labute approximate surface area is 121 Å². The minimum Gasteiger partial charge on any atom is -0.478 e. The van der Waals surface area contributed by atoms with E-state index in [9.17, 15) is 14.4 Å². The first-order chi connectivity index (χ1) is 9.69. The SMILES string of the molecule is CC(C)(CC(N)=O)NC(=O)c1ccc(/C=C/C(=O)O)cn1. The molecule has 0 unspecified atom stereocenters. The Morgan fingerprint density at radius 1 is 1.38 bits per heavy atom. The average Bonchev–Trinajstić information content (AvgIpc) is 2.34. The number of hydrogen-bond acceptors (Lipinski definition) is 4. The van der Waals surface area contributed by atoms with Gasteiger partial charge in [-0.3, -0.25) is 14.6 Å². The standard InChI is InChI=1S/C14H17N3O4/c1-14(2,7-11(15)18)17-13(21)10-5-3-9(8-16-10)4-6-12(19)20/h3-6,8H,7H2,1-2H3,(H2,15,18)(H,17,21)(H,19,20)/b6-4+. The Kier molecular flexibility index (Phi) is 5.18.